The minimum Gasteiger partial charge on any atom is -0.327 e. The second-order valence-corrected chi connectivity index (χ2v) is 8.59. The summed E-state index contributed by atoms with van der Waals surface area (Å²) in [6.07, 6.45) is 9.84. The molecule has 4 atom stereocenters. The number of nitrogens with two attached hydrogens (primary N) is 1. The first-order valence-electron chi connectivity index (χ1n) is 7.84. The Morgan fingerprint density at radius 1 is 1.26 bits per heavy atom. The van der Waals surface area contributed by atoms with Gasteiger partial charge >= 0.3 is 0 Å². The van der Waals surface area contributed by atoms with Crippen LogP contribution in [0.25, 0.3) is 0 Å². The van der Waals surface area contributed by atoms with Crippen molar-refractivity contribution < 1.29 is 8.42 Å². The van der Waals surface area contributed by atoms with Gasteiger partial charge in [-0.1, -0.05) is 39.5 Å². The number of rotatable bonds is 7. The Balaban J connectivity index is 2.62. The van der Waals surface area contributed by atoms with Gasteiger partial charge < -0.3 is 5.73 Å². The molecule has 1 fully saturated rings. The lowest BCUT2D eigenvalue weighted by Gasteiger charge is -2.35. The van der Waals surface area contributed by atoms with E-state index in [0.717, 1.165) is 32.1 Å². The molecule has 0 bridgehead atoms. The summed E-state index contributed by atoms with van der Waals surface area (Å²) in [6, 6.07) is 0.182. The van der Waals surface area contributed by atoms with Crippen LogP contribution in [0.2, 0.25) is 0 Å². The van der Waals surface area contributed by atoms with Crippen LogP contribution in [0.4, 0.5) is 0 Å². The molecule has 1 aliphatic rings. The quantitative estimate of drug-likeness (QED) is 0.783. The second kappa shape index (κ2) is 7.63. The lowest BCUT2D eigenvalue weighted by atomic mass is 9.76. The van der Waals surface area contributed by atoms with E-state index in [4.69, 9.17) is 5.73 Å². The molecule has 2 N–H and O–H groups in total. The highest BCUT2D eigenvalue weighted by Crippen LogP contribution is 2.34. The summed E-state index contributed by atoms with van der Waals surface area (Å²) >= 11 is 0. The fourth-order valence-electron chi connectivity index (χ4n) is 3.44. The zero-order valence-electron chi connectivity index (χ0n) is 12.8. The van der Waals surface area contributed by atoms with E-state index >= 15 is 0 Å². The van der Waals surface area contributed by atoms with Crippen LogP contribution in [-0.2, 0) is 9.84 Å². The minimum atomic E-state index is -2.90. The third-order valence-electron chi connectivity index (χ3n) is 4.81. The molecule has 4 unspecified atom stereocenters. The second-order valence-electron chi connectivity index (χ2n) is 6.27. The molecule has 4 heteroatoms. The average Bonchev–Trinajstić information content (AvgIpc) is 2.38. The molecular weight excluding hydrogens is 258 g/mol. The van der Waals surface area contributed by atoms with Gasteiger partial charge in [0.05, 0.1) is 5.25 Å². The normalized spacial score (nSPS) is 28.0. The van der Waals surface area contributed by atoms with Crippen molar-refractivity contribution >= 4 is 9.84 Å². The van der Waals surface area contributed by atoms with Gasteiger partial charge in [0, 0.05) is 12.3 Å². The molecule has 0 radical (unpaired) electrons. The Labute approximate surface area is 119 Å². The summed E-state index contributed by atoms with van der Waals surface area (Å²) in [5.41, 5.74) is 6.45. The van der Waals surface area contributed by atoms with Crippen LogP contribution in [0.15, 0.2) is 0 Å². The molecule has 3 nitrogen and oxygen atoms in total. The van der Waals surface area contributed by atoms with Gasteiger partial charge in [-0.15, -0.1) is 0 Å². The fraction of sp³-hybridized carbons (Fsp3) is 1.00. The highest BCUT2D eigenvalue weighted by molar-refractivity contribution is 7.91. The largest absolute Gasteiger partial charge is 0.327 e. The Morgan fingerprint density at radius 3 is 2.47 bits per heavy atom. The molecule has 0 saturated heterocycles. The highest BCUT2D eigenvalue weighted by atomic mass is 32.2. The third kappa shape index (κ3) is 5.07. The maximum absolute atomic E-state index is 11.7. The summed E-state index contributed by atoms with van der Waals surface area (Å²) < 4.78 is 23.5. The molecule has 0 heterocycles. The van der Waals surface area contributed by atoms with Crippen molar-refractivity contribution in [1.29, 1.82) is 0 Å². The molecular formula is C15H31NO2S. The van der Waals surface area contributed by atoms with E-state index in [1.807, 2.05) is 0 Å². The Hall–Kier alpha value is -0.0900. The topological polar surface area (TPSA) is 60.2 Å². The van der Waals surface area contributed by atoms with E-state index in [-0.39, 0.29) is 11.3 Å². The van der Waals surface area contributed by atoms with E-state index < -0.39 is 9.84 Å². The van der Waals surface area contributed by atoms with Gasteiger partial charge in [0.1, 0.15) is 9.84 Å². The molecule has 0 spiro atoms. The van der Waals surface area contributed by atoms with Gasteiger partial charge in [0.25, 0.3) is 0 Å². The predicted molar refractivity (Wildman–Crippen MR) is 81.9 cm³/mol. The van der Waals surface area contributed by atoms with Gasteiger partial charge in [-0.3, -0.25) is 0 Å². The summed E-state index contributed by atoms with van der Waals surface area (Å²) in [5.74, 6) is 0.957. The molecule has 1 saturated carbocycles. The van der Waals surface area contributed by atoms with Crippen LogP contribution in [0.1, 0.15) is 65.2 Å². The molecule has 0 aliphatic heterocycles. The van der Waals surface area contributed by atoms with E-state index in [9.17, 15) is 8.42 Å². The van der Waals surface area contributed by atoms with E-state index in [2.05, 4.69) is 13.8 Å². The van der Waals surface area contributed by atoms with Gasteiger partial charge in [0.15, 0.2) is 0 Å². The molecule has 0 aromatic carbocycles. The van der Waals surface area contributed by atoms with Gasteiger partial charge in [-0.2, -0.15) is 0 Å². The average molecular weight is 289 g/mol. The van der Waals surface area contributed by atoms with Crippen molar-refractivity contribution in [2.75, 3.05) is 6.26 Å². The van der Waals surface area contributed by atoms with Crippen molar-refractivity contribution in [3.8, 4) is 0 Å². The van der Waals surface area contributed by atoms with Crippen LogP contribution in [0.5, 0.6) is 0 Å². The van der Waals surface area contributed by atoms with Crippen LogP contribution in [0, 0.1) is 11.8 Å². The summed E-state index contributed by atoms with van der Waals surface area (Å²) in [5, 5.41) is -0.152. The maximum atomic E-state index is 11.7. The third-order valence-corrected chi connectivity index (χ3v) is 6.45. The zero-order chi connectivity index (χ0) is 14.5. The molecule has 1 aliphatic carbocycles. The lowest BCUT2D eigenvalue weighted by Crippen LogP contribution is -2.42. The number of unbranched alkanes of at least 4 members (excludes halogenated alkanes) is 1. The summed E-state index contributed by atoms with van der Waals surface area (Å²) in [4.78, 5) is 0. The molecule has 0 aromatic rings. The maximum Gasteiger partial charge on any atom is 0.150 e. The zero-order valence-corrected chi connectivity index (χ0v) is 13.6. The predicted octanol–water partition coefficient (Wildman–Crippen LogP) is 3.13. The van der Waals surface area contributed by atoms with Crippen molar-refractivity contribution in [2.45, 2.75) is 76.5 Å². The van der Waals surface area contributed by atoms with Crippen LogP contribution in [0.3, 0.4) is 0 Å². The highest BCUT2D eigenvalue weighted by Gasteiger charge is 2.33. The smallest absolute Gasteiger partial charge is 0.150 e. The SMILES string of the molecule is CCCCC(CC)C(N)C1CCCC(S(C)(=O)=O)C1. The van der Waals surface area contributed by atoms with Gasteiger partial charge in [0.2, 0.25) is 0 Å². The Kier molecular flexibility index (Phi) is 6.81. The van der Waals surface area contributed by atoms with Crippen molar-refractivity contribution in [3.63, 3.8) is 0 Å². The van der Waals surface area contributed by atoms with Crippen LogP contribution in [-0.4, -0.2) is 26.0 Å². The Bertz CT molecular complexity index is 353. The van der Waals surface area contributed by atoms with E-state index in [1.165, 1.54) is 25.5 Å². The fourth-order valence-corrected chi connectivity index (χ4v) is 4.63. The molecule has 19 heavy (non-hydrogen) atoms. The molecule has 1 rings (SSSR count). The standard InChI is InChI=1S/C15H31NO2S/c1-4-6-8-12(5-2)15(16)13-9-7-10-14(11-13)19(3,17)18/h12-15H,4-11,16H2,1-3H3. The van der Waals surface area contributed by atoms with E-state index in [1.54, 1.807) is 0 Å². The Morgan fingerprint density at radius 2 is 1.95 bits per heavy atom. The first-order chi connectivity index (χ1) is 8.90. The first-order valence-corrected chi connectivity index (χ1v) is 9.80. The van der Waals surface area contributed by atoms with Crippen molar-refractivity contribution in [3.05, 3.63) is 0 Å². The molecule has 114 valence electrons. The summed E-state index contributed by atoms with van der Waals surface area (Å²) in [6.45, 7) is 4.41. The van der Waals surface area contributed by atoms with Gasteiger partial charge in [-0.25, -0.2) is 8.42 Å². The van der Waals surface area contributed by atoms with Crippen molar-refractivity contribution in [2.24, 2.45) is 17.6 Å². The van der Waals surface area contributed by atoms with Crippen LogP contribution >= 0.6 is 0 Å². The number of hydrogen-bond donors (Lipinski definition) is 1. The van der Waals surface area contributed by atoms with Gasteiger partial charge in [-0.05, 0) is 37.5 Å². The van der Waals surface area contributed by atoms with Crippen LogP contribution < -0.4 is 5.73 Å². The van der Waals surface area contributed by atoms with Crippen molar-refractivity contribution in [1.82, 2.24) is 0 Å². The lowest BCUT2D eigenvalue weighted by molar-refractivity contribution is 0.229. The molecule has 0 aromatic heterocycles. The van der Waals surface area contributed by atoms with E-state index in [0.29, 0.717) is 11.8 Å². The number of sulfone groups is 1. The number of hydrogen-bond acceptors (Lipinski definition) is 3. The monoisotopic (exact) mass is 289 g/mol. The minimum absolute atomic E-state index is 0.152. The first kappa shape index (κ1) is 17.0. The molecule has 0 amide bonds. The summed E-state index contributed by atoms with van der Waals surface area (Å²) in [7, 11) is -2.90.